The van der Waals surface area contributed by atoms with Crippen LogP contribution in [-0.2, 0) is 4.79 Å². The molecule has 0 aliphatic heterocycles. The Morgan fingerprint density at radius 2 is 1.93 bits per heavy atom. The average molecular weight is 233 g/mol. The van der Waals surface area contributed by atoms with E-state index in [1.807, 2.05) is 0 Å². The number of nitrogens with one attached hydrogen (secondary N) is 1. The molecule has 3 unspecified atom stereocenters. The lowest BCUT2D eigenvalue weighted by molar-refractivity contribution is -0.126. The van der Waals surface area contributed by atoms with Gasteiger partial charge in [0.1, 0.15) is 0 Å². The quantitative estimate of drug-likeness (QED) is 0.774. The number of halogens is 1. The molecule has 4 heteroatoms. The Kier molecular flexibility index (Phi) is 4.41. The van der Waals surface area contributed by atoms with Gasteiger partial charge in [0.05, 0.1) is 0 Å². The molecular formula is C11H21ClN2O. The topological polar surface area (TPSA) is 55.1 Å². The summed E-state index contributed by atoms with van der Waals surface area (Å²) in [5.74, 6) is 1.02. The Morgan fingerprint density at radius 1 is 1.40 bits per heavy atom. The van der Waals surface area contributed by atoms with Gasteiger partial charge >= 0.3 is 0 Å². The van der Waals surface area contributed by atoms with E-state index in [0.717, 1.165) is 6.42 Å². The van der Waals surface area contributed by atoms with Crippen LogP contribution < -0.4 is 11.1 Å². The van der Waals surface area contributed by atoms with Crippen LogP contribution in [0.25, 0.3) is 0 Å². The maximum absolute atomic E-state index is 11.8. The molecule has 3 nitrogen and oxygen atoms in total. The van der Waals surface area contributed by atoms with Gasteiger partial charge in [-0.05, 0) is 25.2 Å². The molecule has 0 aromatic heterocycles. The van der Waals surface area contributed by atoms with E-state index in [0.29, 0.717) is 5.92 Å². The Labute approximate surface area is 97.6 Å². The first kappa shape index (κ1) is 12.8. The van der Waals surface area contributed by atoms with Crippen molar-refractivity contribution in [2.45, 2.75) is 51.1 Å². The zero-order chi connectivity index (χ0) is 10.1. The molecule has 2 aliphatic rings. The predicted molar refractivity (Wildman–Crippen MR) is 62.9 cm³/mol. The largest absolute Gasteiger partial charge is 0.352 e. The van der Waals surface area contributed by atoms with Crippen LogP contribution in [0, 0.1) is 11.8 Å². The number of carbonyl (C=O) groups is 1. The highest BCUT2D eigenvalue weighted by molar-refractivity contribution is 5.85. The van der Waals surface area contributed by atoms with E-state index < -0.39 is 0 Å². The summed E-state index contributed by atoms with van der Waals surface area (Å²) in [6.45, 7) is 2.05. The van der Waals surface area contributed by atoms with E-state index in [1.165, 1.54) is 25.7 Å². The van der Waals surface area contributed by atoms with Crippen molar-refractivity contribution in [1.29, 1.82) is 0 Å². The van der Waals surface area contributed by atoms with Gasteiger partial charge in [-0.2, -0.15) is 0 Å². The summed E-state index contributed by atoms with van der Waals surface area (Å²) in [4.78, 5) is 11.8. The molecule has 2 aliphatic carbocycles. The summed E-state index contributed by atoms with van der Waals surface area (Å²) in [5, 5.41) is 3.02. The average Bonchev–Trinajstić information content (AvgIpc) is 2.72. The number of nitrogens with two attached hydrogens (primary N) is 1. The molecule has 0 bridgehead atoms. The van der Waals surface area contributed by atoms with Crippen LogP contribution in [0.4, 0.5) is 0 Å². The van der Waals surface area contributed by atoms with Crippen molar-refractivity contribution < 1.29 is 4.79 Å². The minimum absolute atomic E-state index is 0. The highest BCUT2D eigenvalue weighted by Gasteiger charge is 2.37. The zero-order valence-electron chi connectivity index (χ0n) is 9.24. The van der Waals surface area contributed by atoms with Gasteiger partial charge in [-0.1, -0.05) is 19.8 Å². The van der Waals surface area contributed by atoms with Gasteiger partial charge in [-0.15, -0.1) is 12.4 Å². The fourth-order valence-corrected chi connectivity index (χ4v) is 2.37. The molecular weight excluding hydrogens is 212 g/mol. The maximum atomic E-state index is 11.8. The number of rotatable bonds is 3. The van der Waals surface area contributed by atoms with Crippen molar-refractivity contribution >= 4 is 18.3 Å². The number of hydrogen-bond donors (Lipinski definition) is 2. The lowest BCUT2D eigenvalue weighted by Gasteiger charge is -2.18. The summed E-state index contributed by atoms with van der Waals surface area (Å²) in [6, 6.07) is 0.487. The smallest absolute Gasteiger partial charge is 0.223 e. The van der Waals surface area contributed by atoms with Gasteiger partial charge in [-0.3, -0.25) is 4.79 Å². The van der Waals surface area contributed by atoms with Gasteiger partial charge < -0.3 is 11.1 Å². The third-order valence-electron chi connectivity index (χ3n) is 3.69. The molecule has 3 atom stereocenters. The molecule has 0 saturated heterocycles. The van der Waals surface area contributed by atoms with E-state index in [2.05, 4.69) is 12.2 Å². The molecule has 0 radical (unpaired) electrons. The third kappa shape index (κ3) is 3.08. The van der Waals surface area contributed by atoms with E-state index >= 15 is 0 Å². The van der Waals surface area contributed by atoms with Crippen LogP contribution in [0.15, 0.2) is 0 Å². The highest BCUT2D eigenvalue weighted by Crippen LogP contribution is 2.31. The molecule has 3 N–H and O–H groups in total. The first-order valence-corrected chi connectivity index (χ1v) is 5.74. The second-order valence-corrected chi connectivity index (χ2v) is 4.85. The SMILES string of the molecule is CC(C(=O)NC1CC1N)C1CCCC1.Cl. The summed E-state index contributed by atoms with van der Waals surface area (Å²) >= 11 is 0. The summed E-state index contributed by atoms with van der Waals surface area (Å²) < 4.78 is 0. The first-order chi connectivity index (χ1) is 6.68. The van der Waals surface area contributed by atoms with Crippen molar-refractivity contribution in [2.24, 2.45) is 17.6 Å². The Hall–Kier alpha value is -0.280. The van der Waals surface area contributed by atoms with Crippen LogP contribution in [0.1, 0.15) is 39.0 Å². The van der Waals surface area contributed by atoms with E-state index in [4.69, 9.17) is 5.73 Å². The van der Waals surface area contributed by atoms with Crippen molar-refractivity contribution in [3.63, 3.8) is 0 Å². The van der Waals surface area contributed by atoms with Gasteiger partial charge in [0, 0.05) is 18.0 Å². The lowest BCUT2D eigenvalue weighted by Crippen LogP contribution is -2.36. The fraction of sp³-hybridized carbons (Fsp3) is 0.909. The summed E-state index contributed by atoms with van der Waals surface area (Å²) in [7, 11) is 0. The first-order valence-electron chi connectivity index (χ1n) is 5.74. The molecule has 1 amide bonds. The molecule has 2 rings (SSSR count). The van der Waals surface area contributed by atoms with Gasteiger partial charge in [-0.25, -0.2) is 0 Å². The van der Waals surface area contributed by atoms with Crippen molar-refractivity contribution in [1.82, 2.24) is 5.32 Å². The molecule has 2 fully saturated rings. The van der Waals surface area contributed by atoms with Crippen molar-refractivity contribution in [3.05, 3.63) is 0 Å². The second-order valence-electron chi connectivity index (χ2n) is 4.85. The normalized spacial score (nSPS) is 31.9. The van der Waals surface area contributed by atoms with Crippen molar-refractivity contribution in [3.8, 4) is 0 Å². The van der Waals surface area contributed by atoms with E-state index in [-0.39, 0.29) is 36.3 Å². The third-order valence-corrected chi connectivity index (χ3v) is 3.69. The molecule has 88 valence electrons. The highest BCUT2D eigenvalue weighted by atomic mass is 35.5. The second kappa shape index (κ2) is 5.17. The molecule has 0 heterocycles. The van der Waals surface area contributed by atoms with Crippen LogP contribution in [0.3, 0.4) is 0 Å². The lowest BCUT2D eigenvalue weighted by atomic mass is 9.92. The Morgan fingerprint density at radius 3 is 2.40 bits per heavy atom. The summed E-state index contributed by atoms with van der Waals surface area (Å²) in [6.07, 6.45) is 6.01. The Balaban J connectivity index is 0.00000112. The molecule has 0 aromatic rings. The van der Waals surface area contributed by atoms with Crippen LogP contribution in [0.2, 0.25) is 0 Å². The standard InChI is InChI=1S/C11H20N2O.ClH/c1-7(8-4-2-3-5-8)11(14)13-10-6-9(10)12;/h7-10H,2-6,12H2,1H3,(H,13,14);1H. The van der Waals surface area contributed by atoms with Crippen molar-refractivity contribution in [2.75, 3.05) is 0 Å². The van der Waals surface area contributed by atoms with Gasteiger partial charge in [0.15, 0.2) is 0 Å². The van der Waals surface area contributed by atoms with Crippen LogP contribution in [-0.4, -0.2) is 18.0 Å². The Bertz CT molecular complexity index is 229. The minimum atomic E-state index is 0. The van der Waals surface area contributed by atoms with E-state index in [1.54, 1.807) is 0 Å². The van der Waals surface area contributed by atoms with E-state index in [9.17, 15) is 4.79 Å². The molecule has 0 spiro atoms. The van der Waals surface area contributed by atoms with Crippen LogP contribution in [0.5, 0.6) is 0 Å². The zero-order valence-corrected chi connectivity index (χ0v) is 10.1. The van der Waals surface area contributed by atoms with Gasteiger partial charge in [0.2, 0.25) is 5.91 Å². The molecule has 15 heavy (non-hydrogen) atoms. The van der Waals surface area contributed by atoms with Gasteiger partial charge in [0.25, 0.3) is 0 Å². The maximum Gasteiger partial charge on any atom is 0.223 e. The minimum Gasteiger partial charge on any atom is -0.352 e. The molecule has 2 saturated carbocycles. The fourth-order valence-electron chi connectivity index (χ4n) is 2.37. The molecule has 0 aromatic carbocycles. The predicted octanol–water partition coefficient (Wildman–Crippen LogP) is 1.45. The number of amides is 1. The number of hydrogen-bond acceptors (Lipinski definition) is 2. The number of carbonyl (C=O) groups excluding carboxylic acids is 1. The summed E-state index contributed by atoms with van der Waals surface area (Å²) in [5.41, 5.74) is 5.65. The van der Waals surface area contributed by atoms with Crippen LogP contribution >= 0.6 is 12.4 Å². The monoisotopic (exact) mass is 232 g/mol.